The molecule has 0 atom stereocenters. The topological polar surface area (TPSA) is 113 Å². The summed E-state index contributed by atoms with van der Waals surface area (Å²) in [6.45, 7) is 1.89. The highest BCUT2D eigenvalue weighted by Gasteiger charge is 2.51. The van der Waals surface area contributed by atoms with Crippen molar-refractivity contribution in [2.75, 3.05) is 0 Å². The molecule has 10 heteroatoms. The van der Waals surface area contributed by atoms with Crippen molar-refractivity contribution in [2.24, 2.45) is 22.7 Å². The summed E-state index contributed by atoms with van der Waals surface area (Å²) in [4.78, 5) is 32.4. The van der Waals surface area contributed by atoms with E-state index in [9.17, 15) is 14.7 Å². The third kappa shape index (κ3) is 3.71. The molecular weight excluding hydrogens is 566 g/mol. The van der Waals surface area contributed by atoms with Crippen LogP contribution in [0.25, 0.3) is 16.7 Å². The molecule has 38 heavy (non-hydrogen) atoms. The Morgan fingerprint density at radius 1 is 1.11 bits per heavy atom. The molecule has 0 aliphatic heterocycles. The third-order valence-corrected chi connectivity index (χ3v) is 10.1. The molecule has 8 nitrogen and oxygen atoms in total. The number of aliphatic imine (C=N–C) groups is 1. The van der Waals surface area contributed by atoms with E-state index in [2.05, 4.69) is 46.8 Å². The fraction of sp³-hybridized carbons (Fsp3) is 0.393. The lowest BCUT2D eigenvalue weighted by atomic mass is 9.48. The van der Waals surface area contributed by atoms with Gasteiger partial charge in [0.05, 0.1) is 23.1 Å². The lowest BCUT2D eigenvalue weighted by Gasteiger charge is -2.57. The fourth-order valence-electron chi connectivity index (χ4n) is 7.59. The average Bonchev–Trinajstić information content (AvgIpc) is 3.34. The Kier molecular flexibility index (Phi) is 5.49. The van der Waals surface area contributed by atoms with E-state index < -0.39 is 17.1 Å². The molecule has 4 aliphatic rings. The summed E-state index contributed by atoms with van der Waals surface area (Å²) >= 11 is 4.76. The lowest BCUT2D eigenvalue weighted by molar-refractivity contribution is -0.00521. The van der Waals surface area contributed by atoms with E-state index >= 15 is 0 Å². The van der Waals surface area contributed by atoms with Crippen molar-refractivity contribution in [2.45, 2.75) is 50.9 Å². The van der Waals surface area contributed by atoms with E-state index in [0.29, 0.717) is 26.9 Å². The largest absolute Gasteiger partial charge is 0.493 e. The molecule has 8 rings (SSSR count). The van der Waals surface area contributed by atoms with Crippen LogP contribution in [-0.2, 0) is 5.41 Å². The minimum Gasteiger partial charge on any atom is -0.493 e. The molecule has 0 spiro atoms. The number of aromatic hydroxyl groups is 1. The Hall–Kier alpha value is -3.11. The zero-order chi connectivity index (χ0) is 26.2. The zero-order valence-corrected chi connectivity index (χ0v) is 23.2. The van der Waals surface area contributed by atoms with Gasteiger partial charge in [0.25, 0.3) is 5.56 Å². The molecule has 0 unspecified atom stereocenters. The summed E-state index contributed by atoms with van der Waals surface area (Å²) in [5.41, 5.74) is 3.18. The maximum Gasteiger partial charge on any atom is 0.335 e. The van der Waals surface area contributed by atoms with Crippen LogP contribution in [-0.4, -0.2) is 29.6 Å². The molecule has 4 fully saturated rings. The van der Waals surface area contributed by atoms with Crippen molar-refractivity contribution >= 4 is 50.6 Å². The molecule has 194 valence electrons. The molecule has 4 saturated carbocycles. The highest BCUT2D eigenvalue weighted by Crippen LogP contribution is 2.61. The quantitative estimate of drug-likeness (QED) is 0.303. The van der Waals surface area contributed by atoms with Gasteiger partial charge >= 0.3 is 5.69 Å². The van der Waals surface area contributed by atoms with Gasteiger partial charge in [-0.1, -0.05) is 12.1 Å². The van der Waals surface area contributed by atoms with Gasteiger partial charge < -0.3 is 5.11 Å². The highest BCUT2D eigenvalue weighted by atomic mass is 79.9. The molecular formula is C28H26BrN5O3S. The molecule has 2 heterocycles. The van der Waals surface area contributed by atoms with Crippen LogP contribution in [0, 0.1) is 24.7 Å². The highest BCUT2D eigenvalue weighted by molar-refractivity contribution is 9.10. The van der Waals surface area contributed by atoms with Gasteiger partial charge in [0.1, 0.15) is 16.6 Å². The summed E-state index contributed by atoms with van der Waals surface area (Å²) in [5, 5.41) is 11.2. The van der Waals surface area contributed by atoms with Gasteiger partial charge in [-0.25, -0.2) is 9.36 Å². The molecule has 4 aromatic rings. The number of rotatable bonds is 4. The van der Waals surface area contributed by atoms with Crippen molar-refractivity contribution < 1.29 is 5.11 Å². The van der Waals surface area contributed by atoms with Crippen LogP contribution in [0.3, 0.4) is 0 Å². The minimum atomic E-state index is -0.713. The molecule has 4 bridgehead atoms. The first-order valence-corrected chi connectivity index (χ1v) is 14.5. The number of fused-ring (bicyclic) bond motifs is 1. The zero-order valence-electron chi connectivity index (χ0n) is 20.8. The summed E-state index contributed by atoms with van der Waals surface area (Å²) in [6.07, 6.45) is 9.09. The standard InChI is InChI=1S/C28H26BrN5O3S/c1-14-2-4-21-24(33-38-32-21)23(14)30-13-19-25(35)31-27(37)34(26(19)36)22-5-3-18(9-20(22)29)28-10-15-6-16(11-28)8-17(7-15)12-28/h2-5,9,13,15-17,36H,6-8,10-12H2,1H3,(H,31,35,37). The number of aromatic amines is 1. The van der Waals surface area contributed by atoms with Gasteiger partial charge in [0.2, 0.25) is 5.88 Å². The number of hydrogen-bond donors (Lipinski definition) is 2. The van der Waals surface area contributed by atoms with E-state index in [1.165, 1.54) is 50.3 Å². The number of benzene rings is 2. The smallest absolute Gasteiger partial charge is 0.335 e. The maximum atomic E-state index is 12.9. The Balaban J connectivity index is 1.29. The minimum absolute atomic E-state index is 0.110. The first-order valence-electron chi connectivity index (χ1n) is 13.0. The summed E-state index contributed by atoms with van der Waals surface area (Å²) in [5.74, 6) is 2.00. The van der Waals surface area contributed by atoms with Crippen LogP contribution in [0.1, 0.15) is 55.2 Å². The van der Waals surface area contributed by atoms with E-state index in [1.807, 2.05) is 25.1 Å². The van der Waals surface area contributed by atoms with Crippen LogP contribution in [0.5, 0.6) is 5.88 Å². The van der Waals surface area contributed by atoms with Crippen molar-refractivity contribution in [3.05, 3.63) is 72.3 Å². The van der Waals surface area contributed by atoms with Gasteiger partial charge in [0.15, 0.2) is 0 Å². The second-order valence-electron chi connectivity index (χ2n) is 11.3. The normalized spacial score (nSPS) is 26.1. The van der Waals surface area contributed by atoms with E-state index in [0.717, 1.165) is 39.6 Å². The first-order chi connectivity index (χ1) is 18.3. The monoisotopic (exact) mass is 591 g/mol. The molecule has 2 aromatic carbocycles. The van der Waals surface area contributed by atoms with Gasteiger partial charge in [-0.3, -0.25) is 14.8 Å². The molecule has 2 N–H and O–H groups in total. The molecule has 0 saturated heterocycles. The van der Waals surface area contributed by atoms with Gasteiger partial charge in [0, 0.05) is 10.7 Å². The average molecular weight is 593 g/mol. The number of hydrogen-bond acceptors (Lipinski definition) is 7. The van der Waals surface area contributed by atoms with Crippen molar-refractivity contribution in [3.63, 3.8) is 0 Å². The van der Waals surface area contributed by atoms with Gasteiger partial charge in [-0.2, -0.15) is 8.75 Å². The summed E-state index contributed by atoms with van der Waals surface area (Å²) in [7, 11) is 0. The predicted octanol–water partition coefficient (Wildman–Crippen LogP) is 5.53. The molecule has 0 radical (unpaired) electrons. The number of halogens is 1. The lowest BCUT2D eigenvalue weighted by Crippen LogP contribution is -2.48. The van der Waals surface area contributed by atoms with Gasteiger partial charge in [-0.15, -0.1) is 0 Å². The van der Waals surface area contributed by atoms with Crippen LogP contribution >= 0.6 is 27.7 Å². The molecule has 0 amide bonds. The van der Waals surface area contributed by atoms with Gasteiger partial charge in [-0.05, 0) is 114 Å². The Labute approximate surface area is 230 Å². The van der Waals surface area contributed by atoms with Crippen LogP contribution in [0.4, 0.5) is 5.69 Å². The van der Waals surface area contributed by atoms with Crippen LogP contribution in [0.2, 0.25) is 0 Å². The van der Waals surface area contributed by atoms with Crippen molar-refractivity contribution in [3.8, 4) is 11.6 Å². The number of H-pyrrole nitrogens is 1. The Morgan fingerprint density at radius 2 is 1.82 bits per heavy atom. The Bertz CT molecular complexity index is 1720. The summed E-state index contributed by atoms with van der Waals surface area (Å²) < 4.78 is 10.4. The number of nitrogens with zero attached hydrogens (tertiary/aromatic N) is 4. The molecule has 2 aromatic heterocycles. The second kappa shape index (κ2) is 8.71. The first kappa shape index (κ1) is 24.0. The van der Waals surface area contributed by atoms with E-state index in [1.54, 1.807) is 0 Å². The summed E-state index contributed by atoms with van der Waals surface area (Å²) in [6, 6.07) is 9.81. The fourth-order valence-corrected chi connectivity index (χ4v) is 8.69. The van der Waals surface area contributed by atoms with E-state index in [-0.39, 0.29) is 11.0 Å². The number of aryl methyl sites for hydroxylation is 1. The SMILES string of the molecule is Cc1ccc2nsnc2c1N=Cc1c(O)n(-c2ccc(C34CC5CC(CC(C5)C3)C4)cc2Br)c(=O)[nH]c1=O. The Morgan fingerprint density at radius 3 is 2.50 bits per heavy atom. The van der Waals surface area contributed by atoms with E-state index in [4.69, 9.17) is 0 Å². The van der Waals surface area contributed by atoms with Crippen LogP contribution < -0.4 is 11.2 Å². The van der Waals surface area contributed by atoms with Crippen molar-refractivity contribution in [1.82, 2.24) is 18.3 Å². The number of nitrogens with one attached hydrogen (secondary N) is 1. The molecule has 4 aliphatic carbocycles. The maximum absolute atomic E-state index is 12.9. The predicted molar refractivity (Wildman–Crippen MR) is 151 cm³/mol. The van der Waals surface area contributed by atoms with Crippen molar-refractivity contribution in [1.29, 1.82) is 0 Å². The third-order valence-electron chi connectivity index (χ3n) is 8.89. The number of aromatic nitrogens is 4. The van der Waals surface area contributed by atoms with Crippen LogP contribution in [0.15, 0.2) is 49.4 Å². The second-order valence-corrected chi connectivity index (χ2v) is 12.7.